The summed E-state index contributed by atoms with van der Waals surface area (Å²) in [6.07, 6.45) is 0.315. The number of epoxide rings is 2. The second-order valence-corrected chi connectivity index (χ2v) is 10.9. The van der Waals surface area contributed by atoms with E-state index in [1.165, 1.54) is 48.5 Å². The molecule has 2 saturated heterocycles. The normalized spacial score (nSPS) is 16.2. The Hall–Kier alpha value is -5.71. The van der Waals surface area contributed by atoms with Gasteiger partial charge in [0.15, 0.2) is 0 Å². The molecule has 2 atom stereocenters. The highest BCUT2D eigenvalue weighted by molar-refractivity contribution is 5.97. The third kappa shape index (κ3) is 7.93. The molecule has 5 aromatic rings. The van der Waals surface area contributed by atoms with Crippen molar-refractivity contribution < 1.29 is 47.5 Å². The van der Waals surface area contributed by atoms with Crippen LogP contribution in [0.1, 0.15) is 31.1 Å². The fourth-order valence-electron chi connectivity index (χ4n) is 4.57. The summed E-state index contributed by atoms with van der Waals surface area (Å²) in [4.78, 5) is 38.0. The van der Waals surface area contributed by atoms with Crippen molar-refractivity contribution in [2.24, 2.45) is 0 Å². The molecule has 10 heteroatoms. The summed E-state index contributed by atoms with van der Waals surface area (Å²) in [5.41, 5.74) is 1.01. The van der Waals surface area contributed by atoms with Crippen molar-refractivity contribution in [2.45, 2.75) is 12.2 Å². The molecule has 0 bridgehead atoms. The van der Waals surface area contributed by atoms with Gasteiger partial charge in [0.25, 0.3) is 0 Å². The average molecular weight is 633 g/mol. The Labute approximate surface area is 269 Å². The largest absolute Gasteiger partial charge is 0.491 e. The Bertz CT molecular complexity index is 1910. The molecule has 0 aromatic heterocycles. The van der Waals surface area contributed by atoms with Crippen LogP contribution in [0.3, 0.4) is 0 Å². The molecule has 47 heavy (non-hydrogen) atoms. The fourth-order valence-corrected chi connectivity index (χ4v) is 4.57. The molecule has 7 rings (SSSR count). The molecule has 236 valence electrons. The maximum absolute atomic E-state index is 12.8. The average Bonchev–Trinajstić information content (AvgIpc) is 4.04. The first-order valence-electron chi connectivity index (χ1n) is 14.9. The van der Waals surface area contributed by atoms with Crippen LogP contribution >= 0.6 is 0 Å². The van der Waals surface area contributed by atoms with E-state index in [1.54, 1.807) is 36.4 Å². The molecule has 0 radical (unpaired) electrons. The van der Waals surface area contributed by atoms with E-state index in [1.807, 2.05) is 24.3 Å². The van der Waals surface area contributed by atoms with Gasteiger partial charge in [-0.3, -0.25) is 0 Å². The van der Waals surface area contributed by atoms with E-state index in [0.29, 0.717) is 36.7 Å². The lowest BCUT2D eigenvalue weighted by molar-refractivity contribution is 0.0718. The van der Waals surface area contributed by atoms with Gasteiger partial charge in [0.1, 0.15) is 54.2 Å². The number of esters is 3. The number of rotatable bonds is 12. The highest BCUT2D eigenvalue weighted by Gasteiger charge is 2.24. The van der Waals surface area contributed by atoms with E-state index < -0.39 is 17.9 Å². The third-order valence-electron chi connectivity index (χ3n) is 7.36. The summed E-state index contributed by atoms with van der Waals surface area (Å²) >= 11 is 0. The van der Waals surface area contributed by atoms with Crippen LogP contribution in [0.4, 0.5) is 0 Å². The number of benzene rings is 5. The predicted molar refractivity (Wildman–Crippen MR) is 169 cm³/mol. The Morgan fingerprint density at radius 2 is 0.830 bits per heavy atom. The molecule has 2 aliphatic heterocycles. The van der Waals surface area contributed by atoms with E-state index in [9.17, 15) is 14.4 Å². The lowest BCUT2D eigenvalue weighted by Crippen LogP contribution is -2.10. The molecule has 0 amide bonds. The van der Waals surface area contributed by atoms with Gasteiger partial charge in [-0.05, 0) is 108 Å². The van der Waals surface area contributed by atoms with Crippen LogP contribution in [0.2, 0.25) is 0 Å². The zero-order valence-corrected chi connectivity index (χ0v) is 25.0. The SMILES string of the molecule is O=C(Oc1ccc(OC(=O)c2ccc(OC(=O)c3ccc4cc(OCC5CO5)ccc4c3)cc2)cc1)c1ccc(OCC2CO2)cc1. The maximum atomic E-state index is 12.8. The first kappa shape index (κ1) is 30.0. The topological polar surface area (TPSA) is 122 Å². The Morgan fingerprint density at radius 1 is 0.468 bits per heavy atom. The minimum absolute atomic E-state index is 0.144. The third-order valence-corrected chi connectivity index (χ3v) is 7.36. The van der Waals surface area contributed by atoms with E-state index in [-0.39, 0.29) is 35.0 Å². The molecule has 2 unspecified atom stereocenters. The first-order valence-corrected chi connectivity index (χ1v) is 14.9. The fraction of sp³-hybridized carbons (Fsp3) is 0.162. The summed E-state index contributed by atoms with van der Waals surface area (Å²) in [5.74, 6) is 0.539. The molecule has 2 aliphatic rings. The molecular weight excluding hydrogens is 604 g/mol. The lowest BCUT2D eigenvalue weighted by atomic mass is 10.1. The van der Waals surface area contributed by atoms with E-state index in [2.05, 4.69) is 0 Å². The van der Waals surface area contributed by atoms with Gasteiger partial charge in [0.05, 0.1) is 29.9 Å². The molecule has 10 nitrogen and oxygen atoms in total. The van der Waals surface area contributed by atoms with Crippen molar-refractivity contribution in [3.63, 3.8) is 0 Å². The minimum Gasteiger partial charge on any atom is -0.491 e. The zero-order chi connectivity index (χ0) is 32.2. The second kappa shape index (κ2) is 13.3. The Kier molecular flexibility index (Phi) is 8.50. The first-order chi connectivity index (χ1) is 22.9. The van der Waals surface area contributed by atoms with Crippen LogP contribution in [0.5, 0.6) is 28.7 Å². The van der Waals surface area contributed by atoms with Crippen molar-refractivity contribution in [1.82, 2.24) is 0 Å². The van der Waals surface area contributed by atoms with Gasteiger partial charge in [-0.15, -0.1) is 0 Å². The molecule has 2 fully saturated rings. The Balaban J connectivity index is 0.895. The van der Waals surface area contributed by atoms with Gasteiger partial charge in [-0.1, -0.05) is 12.1 Å². The zero-order valence-electron chi connectivity index (χ0n) is 25.0. The number of ether oxygens (including phenoxy) is 7. The standard InChI is InChI=1S/C37H28O10/c38-35(23-3-8-28(9-4-23)41-19-33-21-43-33)45-30-13-15-31(16-14-30)46-36(39)24-5-10-29(11-6-24)47-37(40)27-2-1-26-18-32(12-7-25(26)17-27)42-20-34-22-44-34/h1-18,33-34H,19-22H2. The van der Waals surface area contributed by atoms with Crippen LogP contribution in [0, 0.1) is 0 Å². The highest BCUT2D eigenvalue weighted by atomic mass is 16.6. The summed E-state index contributed by atoms with van der Waals surface area (Å²) in [5, 5.41) is 1.80. The minimum atomic E-state index is -0.606. The molecule has 0 saturated carbocycles. The molecule has 0 spiro atoms. The van der Waals surface area contributed by atoms with Crippen molar-refractivity contribution in [2.75, 3.05) is 26.4 Å². The quantitative estimate of drug-likeness (QED) is 0.0912. The summed E-state index contributed by atoms with van der Waals surface area (Å²) in [6.45, 7) is 2.43. The van der Waals surface area contributed by atoms with Crippen LogP contribution in [0.15, 0.2) is 109 Å². The van der Waals surface area contributed by atoms with Gasteiger partial charge in [0.2, 0.25) is 0 Å². The molecule has 2 heterocycles. The van der Waals surface area contributed by atoms with Crippen molar-refractivity contribution in [1.29, 1.82) is 0 Å². The second-order valence-electron chi connectivity index (χ2n) is 10.9. The van der Waals surface area contributed by atoms with Gasteiger partial charge >= 0.3 is 17.9 Å². The maximum Gasteiger partial charge on any atom is 0.343 e. The van der Waals surface area contributed by atoms with E-state index in [0.717, 1.165) is 23.1 Å². The smallest absolute Gasteiger partial charge is 0.343 e. The summed E-state index contributed by atoms with van der Waals surface area (Å²) < 4.78 is 38.0. The van der Waals surface area contributed by atoms with Crippen molar-refractivity contribution in [3.05, 3.63) is 126 Å². The summed E-state index contributed by atoms with van der Waals surface area (Å²) in [6, 6.07) is 29.7. The van der Waals surface area contributed by atoms with Crippen LogP contribution in [-0.4, -0.2) is 56.5 Å². The van der Waals surface area contributed by atoms with Crippen LogP contribution in [0.25, 0.3) is 10.8 Å². The number of fused-ring (bicyclic) bond motifs is 1. The highest BCUT2D eigenvalue weighted by Crippen LogP contribution is 2.25. The Morgan fingerprint density at radius 3 is 1.34 bits per heavy atom. The predicted octanol–water partition coefficient (Wildman–Crippen LogP) is 6.05. The number of carbonyl (C=O) groups is 3. The monoisotopic (exact) mass is 632 g/mol. The summed E-state index contributed by atoms with van der Waals surface area (Å²) in [7, 11) is 0. The lowest BCUT2D eigenvalue weighted by Gasteiger charge is -2.09. The molecule has 0 aliphatic carbocycles. The van der Waals surface area contributed by atoms with Gasteiger partial charge in [-0.2, -0.15) is 0 Å². The van der Waals surface area contributed by atoms with Crippen LogP contribution < -0.4 is 23.7 Å². The molecular formula is C37H28O10. The number of hydrogen-bond acceptors (Lipinski definition) is 10. The van der Waals surface area contributed by atoms with Crippen LogP contribution in [-0.2, 0) is 9.47 Å². The van der Waals surface area contributed by atoms with Gasteiger partial charge in [-0.25, -0.2) is 14.4 Å². The molecule has 5 aromatic carbocycles. The van der Waals surface area contributed by atoms with E-state index in [4.69, 9.17) is 33.2 Å². The van der Waals surface area contributed by atoms with Crippen molar-refractivity contribution in [3.8, 4) is 28.7 Å². The van der Waals surface area contributed by atoms with Gasteiger partial charge in [0, 0.05) is 0 Å². The van der Waals surface area contributed by atoms with E-state index >= 15 is 0 Å². The number of carbonyl (C=O) groups excluding carboxylic acids is 3. The number of hydrogen-bond donors (Lipinski definition) is 0. The van der Waals surface area contributed by atoms with Crippen molar-refractivity contribution >= 4 is 28.7 Å². The molecule has 0 N–H and O–H groups in total. The van der Waals surface area contributed by atoms with Gasteiger partial charge < -0.3 is 33.2 Å².